The van der Waals surface area contributed by atoms with Gasteiger partial charge in [0.05, 0.1) is 11.6 Å². The minimum atomic E-state index is -0.403. The van der Waals surface area contributed by atoms with Gasteiger partial charge in [-0.15, -0.1) is 11.6 Å². The molecule has 3 nitrogen and oxygen atoms in total. The van der Waals surface area contributed by atoms with Crippen molar-refractivity contribution in [1.82, 2.24) is 5.16 Å². The summed E-state index contributed by atoms with van der Waals surface area (Å²) in [6.07, 6.45) is 0. The van der Waals surface area contributed by atoms with Crippen molar-refractivity contribution >= 4 is 11.6 Å². The lowest BCUT2D eigenvalue weighted by Gasteiger charge is -2.03. The third-order valence-corrected chi connectivity index (χ3v) is 2.23. The van der Waals surface area contributed by atoms with Crippen LogP contribution >= 0.6 is 11.6 Å². The number of ether oxygens (including phenoxy) is 1. The first-order valence-corrected chi connectivity index (χ1v) is 5.21. The van der Waals surface area contributed by atoms with Crippen molar-refractivity contribution < 1.29 is 13.7 Å². The number of nitrogens with zero attached hydrogens (tertiary/aromatic N) is 1. The third kappa shape index (κ3) is 2.52. The number of hydrogen-bond donors (Lipinski definition) is 0. The summed E-state index contributed by atoms with van der Waals surface area (Å²) in [6, 6.07) is 7.85. The Morgan fingerprint density at radius 2 is 2.19 bits per heavy atom. The minimum Gasteiger partial charge on any atom is -0.482 e. The molecular formula is C11H9ClFNO2. The first kappa shape index (κ1) is 11.0. The van der Waals surface area contributed by atoms with Crippen LogP contribution in [-0.2, 0) is 12.5 Å². The molecule has 0 amide bonds. The number of benzene rings is 1. The molecule has 0 radical (unpaired) electrons. The smallest absolute Gasteiger partial charge is 0.174 e. The van der Waals surface area contributed by atoms with Gasteiger partial charge in [0.15, 0.2) is 17.3 Å². The molecule has 2 rings (SSSR count). The number of alkyl halides is 1. The fourth-order valence-corrected chi connectivity index (χ4v) is 1.32. The van der Waals surface area contributed by atoms with Crippen LogP contribution < -0.4 is 4.74 Å². The standard InChI is InChI=1S/C11H9ClFNO2/c12-6-8-5-9(16-14-8)7-15-11-4-2-1-3-10(11)13/h1-5H,6-7H2. The molecule has 1 aromatic carbocycles. The van der Waals surface area contributed by atoms with E-state index in [0.717, 1.165) is 0 Å². The van der Waals surface area contributed by atoms with E-state index in [1.807, 2.05) is 0 Å². The highest BCUT2D eigenvalue weighted by atomic mass is 35.5. The van der Waals surface area contributed by atoms with E-state index in [1.165, 1.54) is 6.07 Å². The van der Waals surface area contributed by atoms with E-state index < -0.39 is 5.82 Å². The van der Waals surface area contributed by atoms with Crippen LogP contribution in [0.3, 0.4) is 0 Å². The molecule has 0 saturated carbocycles. The van der Waals surface area contributed by atoms with E-state index in [2.05, 4.69) is 5.16 Å². The lowest BCUT2D eigenvalue weighted by atomic mass is 10.3. The molecule has 0 atom stereocenters. The fraction of sp³-hybridized carbons (Fsp3) is 0.182. The second kappa shape index (κ2) is 4.99. The van der Waals surface area contributed by atoms with Gasteiger partial charge < -0.3 is 9.26 Å². The Bertz CT molecular complexity index is 473. The summed E-state index contributed by atoms with van der Waals surface area (Å²) in [4.78, 5) is 0. The molecule has 84 valence electrons. The van der Waals surface area contributed by atoms with Crippen molar-refractivity contribution in [1.29, 1.82) is 0 Å². The van der Waals surface area contributed by atoms with Crippen LogP contribution in [0.15, 0.2) is 34.9 Å². The van der Waals surface area contributed by atoms with E-state index in [1.54, 1.807) is 24.3 Å². The molecule has 1 aromatic heterocycles. The molecule has 0 aliphatic rings. The molecule has 0 N–H and O–H groups in total. The Kier molecular flexibility index (Phi) is 3.41. The fourth-order valence-electron chi connectivity index (χ4n) is 1.20. The second-order valence-electron chi connectivity index (χ2n) is 3.14. The topological polar surface area (TPSA) is 35.3 Å². The van der Waals surface area contributed by atoms with Gasteiger partial charge in [0.25, 0.3) is 0 Å². The SMILES string of the molecule is Fc1ccccc1OCc1cc(CCl)no1. The van der Waals surface area contributed by atoms with Gasteiger partial charge in [-0.25, -0.2) is 4.39 Å². The van der Waals surface area contributed by atoms with Gasteiger partial charge in [-0.3, -0.25) is 0 Å². The predicted molar refractivity (Wildman–Crippen MR) is 56.8 cm³/mol. The Hall–Kier alpha value is -1.55. The zero-order valence-corrected chi connectivity index (χ0v) is 9.08. The van der Waals surface area contributed by atoms with Gasteiger partial charge in [-0.2, -0.15) is 0 Å². The summed E-state index contributed by atoms with van der Waals surface area (Å²) in [7, 11) is 0. The number of rotatable bonds is 4. The molecule has 0 saturated heterocycles. The Labute approximate surface area is 96.8 Å². The summed E-state index contributed by atoms with van der Waals surface area (Å²) in [5, 5.41) is 3.69. The molecule has 0 bridgehead atoms. The number of aromatic nitrogens is 1. The normalized spacial score (nSPS) is 10.4. The first-order valence-electron chi connectivity index (χ1n) is 4.67. The summed E-state index contributed by atoms with van der Waals surface area (Å²) in [6.45, 7) is 0.130. The summed E-state index contributed by atoms with van der Waals surface area (Å²) in [5.41, 5.74) is 0.633. The van der Waals surface area contributed by atoms with E-state index in [9.17, 15) is 4.39 Å². The maximum Gasteiger partial charge on any atom is 0.174 e. The lowest BCUT2D eigenvalue weighted by Crippen LogP contribution is -1.95. The van der Waals surface area contributed by atoms with E-state index in [-0.39, 0.29) is 18.2 Å². The second-order valence-corrected chi connectivity index (χ2v) is 3.40. The van der Waals surface area contributed by atoms with Gasteiger partial charge in [-0.05, 0) is 12.1 Å². The zero-order chi connectivity index (χ0) is 11.4. The summed E-state index contributed by atoms with van der Waals surface area (Å²) < 4.78 is 23.3. The van der Waals surface area contributed by atoms with Gasteiger partial charge >= 0.3 is 0 Å². The van der Waals surface area contributed by atoms with Crippen molar-refractivity contribution in [2.24, 2.45) is 0 Å². The zero-order valence-electron chi connectivity index (χ0n) is 8.32. The van der Waals surface area contributed by atoms with Crippen molar-refractivity contribution in [3.8, 4) is 5.75 Å². The first-order chi connectivity index (χ1) is 7.79. The molecule has 0 aliphatic heterocycles. The van der Waals surface area contributed by atoms with Gasteiger partial charge in [0.1, 0.15) is 6.61 Å². The van der Waals surface area contributed by atoms with Crippen LogP contribution in [-0.4, -0.2) is 5.16 Å². The highest BCUT2D eigenvalue weighted by molar-refractivity contribution is 6.16. The quantitative estimate of drug-likeness (QED) is 0.772. The average molecular weight is 242 g/mol. The number of hydrogen-bond acceptors (Lipinski definition) is 3. The van der Waals surface area contributed by atoms with Crippen LogP contribution in [0.1, 0.15) is 11.5 Å². The van der Waals surface area contributed by atoms with Gasteiger partial charge in [0, 0.05) is 6.07 Å². The minimum absolute atomic E-state index is 0.130. The Balaban J connectivity index is 1.99. The van der Waals surface area contributed by atoms with Crippen LogP contribution in [0.4, 0.5) is 4.39 Å². The van der Waals surface area contributed by atoms with E-state index in [0.29, 0.717) is 11.5 Å². The van der Waals surface area contributed by atoms with Crippen molar-refractivity contribution in [2.45, 2.75) is 12.5 Å². The molecule has 5 heteroatoms. The highest BCUT2D eigenvalue weighted by Crippen LogP contribution is 2.17. The number of halogens is 2. The molecule has 0 unspecified atom stereocenters. The Morgan fingerprint density at radius 1 is 1.38 bits per heavy atom. The van der Waals surface area contributed by atoms with Crippen molar-refractivity contribution in [2.75, 3.05) is 0 Å². The maximum atomic E-state index is 13.2. The van der Waals surface area contributed by atoms with Gasteiger partial charge in [-0.1, -0.05) is 17.3 Å². The van der Waals surface area contributed by atoms with Crippen molar-refractivity contribution in [3.63, 3.8) is 0 Å². The molecule has 0 aliphatic carbocycles. The molecule has 2 aromatic rings. The maximum absolute atomic E-state index is 13.2. The van der Waals surface area contributed by atoms with Gasteiger partial charge in [0.2, 0.25) is 0 Å². The van der Waals surface area contributed by atoms with E-state index >= 15 is 0 Å². The summed E-state index contributed by atoms with van der Waals surface area (Å²) >= 11 is 5.56. The third-order valence-electron chi connectivity index (χ3n) is 1.95. The summed E-state index contributed by atoms with van der Waals surface area (Å²) in [5.74, 6) is 0.577. The molecule has 0 spiro atoms. The molecule has 16 heavy (non-hydrogen) atoms. The number of para-hydroxylation sites is 1. The van der Waals surface area contributed by atoms with E-state index in [4.69, 9.17) is 20.9 Å². The highest BCUT2D eigenvalue weighted by Gasteiger charge is 2.06. The monoisotopic (exact) mass is 241 g/mol. The van der Waals surface area contributed by atoms with Crippen LogP contribution in [0, 0.1) is 5.82 Å². The lowest BCUT2D eigenvalue weighted by molar-refractivity contribution is 0.240. The Morgan fingerprint density at radius 3 is 2.88 bits per heavy atom. The van der Waals surface area contributed by atoms with Crippen LogP contribution in [0.5, 0.6) is 5.75 Å². The largest absolute Gasteiger partial charge is 0.482 e. The molecular weight excluding hydrogens is 233 g/mol. The predicted octanol–water partition coefficient (Wildman–Crippen LogP) is 3.13. The van der Waals surface area contributed by atoms with Crippen LogP contribution in [0.25, 0.3) is 0 Å². The molecule has 0 fully saturated rings. The van der Waals surface area contributed by atoms with Crippen LogP contribution in [0.2, 0.25) is 0 Å². The molecule has 1 heterocycles. The van der Waals surface area contributed by atoms with Crippen molar-refractivity contribution in [3.05, 3.63) is 47.6 Å². The average Bonchev–Trinajstić information content (AvgIpc) is 2.76.